The summed E-state index contributed by atoms with van der Waals surface area (Å²) in [6.07, 6.45) is -4.43. The van der Waals surface area contributed by atoms with Crippen molar-refractivity contribution in [3.63, 3.8) is 0 Å². The van der Waals surface area contributed by atoms with E-state index >= 15 is 0 Å². The van der Waals surface area contributed by atoms with Crippen molar-refractivity contribution in [1.82, 2.24) is 0 Å². The third kappa shape index (κ3) is 5.74. The number of rotatable bonds is 7. The molecule has 5 unspecified atom stereocenters. The average molecular weight is 491 g/mol. The number of carboxylic acid groups (broad SMARTS) is 1. The molecule has 4 fully saturated rings. The van der Waals surface area contributed by atoms with Gasteiger partial charge in [-0.3, -0.25) is 0 Å². The van der Waals surface area contributed by atoms with Crippen molar-refractivity contribution in [3.05, 3.63) is 0 Å². The first-order valence-corrected chi connectivity index (χ1v) is 12.4. The molecule has 5 N–H and O–H groups in total. The number of aliphatic hydroxyl groups excluding tert-OH is 4. The summed E-state index contributed by atoms with van der Waals surface area (Å²) in [6.45, 7) is 1.66. The second-order valence-electron chi connectivity index (χ2n) is 10.2. The Morgan fingerprint density at radius 2 is 1.50 bits per heavy atom. The number of carbonyl (C=O) groups is 1. The van der Waals surface area contributed by atoms with E-state index in [9.17, 15) is 30.3 Å². The van der Waals surface area contributed by atoms with Crippen LogP contribution < -0.4 is 0 Å². The maximum absolute atomic E-state index is 11.7. The fourth-order valence-electron chi connectivity index (χ4n) is 5.19. The second-order valence-corrected chi connectivity index (χ2v) is 10.2. The van der Waals surface area contributed by atoms with E-state index in [0.29, 0.717) is 12.8 Å². The number of hydrogen-bond donors (Lipinski definition) is 5. The van der Waals surface area contributed by atoms with Crippen molar-refractivity contribution in [3.8, 4) is 0 Å². The Morgan fingerprint density at radius 1 is 0.853 bits per heavy atom. The van der Waals surface area contributed by atoms with Crippen molar-refractivity contribution in [1.29, 1.82) is 0 Å². The van der Waals surface area contributed by atoms with E-state index in [1.807, 2.05) is 6.92 Å². The third-order valence-corrected chi connectivity index (χ3v) is 7.46. The summed E-state index contributed by atoms with van der Waals surface area (Å²) in [7, 11) is 0. The molecular formula is C23H38O11. The molecule has 2 saturated heterocycles. The summed E-state index contributed by atoms with van der Waals surface area (Å²) in [5, 5.41) is 52.3. The maximum Gasteiger partial charge on any atom is 0.335 e. The van der Waals surface area contributed by atoms with Gasteiger partial charge in [0.1, 0.15) is 36.6 Å². The Labute approximate surface area is 198 Å². The van der Waals surface area contributed by atoms with Gasteiger partial charge in [-0.15, -0.1) is 0 Å². The smallest absolute Gasteiger partial charge is 0.335 e. The van der Waals surface area contributed by atoms with Crippen LogP contribution in [0.3, 0.4) is 0 Å². The molecule has 0 aromatic rings. The minimum atomic E-state index is -1.71. The molecular weight excluding hydrogens is 452 g/mol. The molecule has 34 heavy (non-hydrogen) atoms. The van der Waals surface area contributed by atoms with Crippen LogP contribution >= 0.6 is 0 Å². The largest absolute Gasteiger partial charge is 0.479 e. The minimum absolute atomic E-state index is 0.0814. The molecule has 0 radical (unpaired) electrons. The topological polar surface area (TPSA) is 164 Å². The van der Waals surface area contributed by atoms with Gasteiger partial charge < -0.3 is 49.2 Å². The lowest BCUT2D eigenvalue weighted by Gasteiger charge is -2.48. The standard InChI is InChI=1S/C23H38O11/c1-23(9-6-10-23)34-18-14(25)19(20(28)29)33-22(16(18)27)32-17-13(24)11-30-21(15(17)26)31-12-7-4-2-3-5-8-12/h12-19,21-22,24-27H,2-11H2,1H3,(H,28,29)/t13-,14+,15?,16?,17?,18?,19?,21-,22-/m1/s1. The summed E-state index contributed by atoms with van der Waals surface area (Å²) in [5.74, 6) is -1.44. The fraction of sp³-hybridized carbons (Fsp3) is 0.957. The molecule has 4 aliphatic rings. The van der Waals surface area contributed by atoms with Gasteiger partial charge in [0.15, 0.2) is 18.7 Å². The van der Waals surface area contributed by atoms with Gasteiger partial charge in [0.2, 0.25) is 0 Å². The van der Waals surface area contributed by atoms with Crippen LogP contribution in [0.5, 0.6) is 0 Å². The summed E-state index contributed by atoms with van der Waals surface area (Å²) in [5.41, 5.74) is -0.590. The van der Waals surface area contributed by atoms with Gasteiger partial charge in [-0.2, -0.15) is 0 Å². The highest BCUT2D eigenvalue weighted by Crippen LogP contribution is 2.39. The molecule has 0 spiro atoms. The lowest BCUT2D eigenvalue weighted by atomic mass is 9.81. The predicted octanol–water partition coefficient (Wildman–Crippen LogP) is 0.0482. The fourth-order valence-corrected chi connectivity index (χ4v) is 5.19. The van der Waals surface area contributed by atoms with Gasteiger partial charge in [0.05, 0.1) is 18.3 Å². The first kappa shape index (κ1) is 26.2. The number of carboxylic acids is 1. The van der Waals surface area contributed by atoms with Crippen molar-refractivity contribution in [2.75, 3.05) is 6.61 Å². The molecule has 196 valence electrons. The Kier molecular flexibility index (Phi) is 8.48. The van der Waals surface area contributed by atoms with Crippen molar-refractivity contribution < 1.29 is 54.0 Å². The first-order chi connectivity index (χ1) is 16.2. The van der Waals surface area contributed by atoms with Crippen molar-refractivity contribution in [2.24, 2.45) is 0 Å². The Bertz CT molecular complexity index is 678. The molecule has 0 aromatic heterocycles. The van der Waals surface area contributed by atoms with E-state index in [1.54, 1.807) is 0 Å². The zero-order valence-electron chi connectivity index (χ0n) is 19.5. The first-order valence-electron chi connectivity index (χ1n) is 12.4. The Morgan fingerprint density at radius 3 is 2.09 bits per heavy atom. The number of aliphatic hydroxyl groups is 4. The van der Waals surface area contributed by atoms with Crippen molar-refractivity contribution >= 4 is 5.97 Å². The van der Waals surface area contributed by atoms with E-state index in [4.69, 9.17) is 23.7 Å². The van der Waals surface area contributed by atoms with Gasteiger partial charge in [0.25, 0.3) is 0 Å². The third-order valence-electron chi connectivity index (χ3n) is 7.46. The predicted molar refractivity (Wildman–Crippen MR) is 115 cm³/mol. The average Bonchev–Trinajstić information content (AvgIpc) is 3.04. The maximum atomic E-state index is 11.7. The van der Waals surface area contributed by atoms with Crippen LogP contribution in [0.25, 0.3) is 0 Å². The van der Waals surface area contributed by atoms with Crippen LogP contribution in [0.4, 0.5) is 0 Å². The van der Waals surface area contributed by atoms with Gasteiger partial charge in [-0.05, 0) is 39.0 Å². The van der Waals surface area contributed by atoms with Crippen LogP contribution in [0.15, 0.2) is 0 Å². The van der Waals surface area contributed by atoms with Gasteiger partial charge in [-0.25, -0.2) is 4.79 Å². The molecule has 0 amide bonds. The van der Waals surface area contributed by atoms with Crippen LogP contribution in [0.1, 0.15) is 64.7 Å². The van der Waals surface area contributed by atoms with Crippen LogP contribution in [-0.2, 0) is 28.5 Å². The Hall–Kier alpha value is -0.890. The van der Waals surface area contributed by atoms with Crippen LogP contribution in [0.2, 0.25) is 0 Å². The zero-order chi connectivity index (χ0) is 24.5. The lowest BCUT2D eigenvalue weighted by molar-refractivity contribution is -0.357. The molecule has 9 atom stereocenters. The summed E-state index contributed by atoms with van der Waals surface area (Å²) < 4.78 is 28.5. The Balaban J connectivity index is 1.45. The number of hydrogen-bond acceptors (Lipinski definition) is 10. The highest BCUT2D eigenvalue weighted by molar-refractivity contribution is 5.73. The highest BCUT2D eigenvalue weighted by Gasteiger charge is 2.53. The number of ether oxygens (including phenoxy) is 5. The molecule has 2 aliphatic carbocycles. The SMILES string of the molecule is CC1(OC2C(O)[C@H](OC3C(O)[C@@H](OC4CCCCCC4)OC[C@H]3O)OC(C(=O)O)[C@H]2O)CCC1. The van der Waals surface area contributed by atoms with Crippen LogP contribution in [-0.4, -0.2) is 105 Å². The number of aliphatic carboxylic acids is 1. The molecule has 2 aliphatic heterocycles. The molecule has 4 rings (SSSR count). The monoisotopic (exact) mass is 490 g/mol. The molecule has 11 nitrogen and oxygen atoms in total. The van der Waals surface area contributed by atoms with Crippen LogP contribution in [0, 0.1) is 0 Å². The molecule has 0 aromatic carbocycles. The lowest BCUT2D eigenvalue weighted by Crippen LogP contribution is -2.65. The normalized spacial score (nSPS) is 43.6. The minimum Gasteiger partial charge on any atom is -0.479 e. The highest BCUT2D eigenvalue weighted by atomic mass is 16.7. The van der Waals surface area contributed by atoms with Crippen molar-refractivity contribution in [2.45, 2.75) is 132 Å². The van der Waals surface area contributed by atoms with Gasteiger partial charge >= 0.3 is 5.97 Å². The molecule has 11 heteroatoms. The summed E-state index contributed by atoms with van der Waals surface area (Å²) >= 11 is 0. The van der Waals surface area contributed by atoms with E-state index in [0.717, 1.165) is 44.9 Å². The second kappa shape index (κ2) is 11.0. The molecule has 0 bridgehead atoms. The summed E-state index contributed by atoms with van der Waals surface area (Å²) in [4.78, 5) is 11.7. The van der Waals surface area contributed by atoms with Gasteiger partial charge in [0, 0.05) is 0 Å². The van der Waals surface area contributed by atoms with Gasteiger partial charge in [-0.1, -0.05) is 25.7 Å². The zero-order valence-corrected chi connectivity index (χ0v) is 19.5. The quantitative estimate of drug-likeness (QED) is 0.306. The molecule has 2 saturated carbocycles. The van der Waals surface area contributed by atoms with E-state index in [-0.39, 0.29) is 12.7 Å². The van der Waals surface area contributed by atoms with E-state index in [1.165, 1.54) is 0 Å². The molecule has 2 heterocycles. The summed E-state index contributed by atoms with van der Waals surface area (Å²) in [6, 6.07) is 0. The van der Waals surface area contributed by atoms with E-state index < -0.39 is 66.9 Å². The van der Waals surface area contributed by atoms with E-state index in [2.05, 4.69) is 0 Å².